The van der Waals surface area contributed by atoms with Crippen LogP contribution < -0.4 is 9.47 Å². The van der Waals surface area contributed by atoms with Crippen molar-refractivity contribution in [3.8, 4) is 17.6 Å². The van der Waals surface area contributed by atoms with Gasteiger partial charge in [0, 0.05) is 18.9 Å². The van der Waals surface area contributed by atoms with Crippen LogP contribution in [-0.2, 0) is 9.59 Å². The molecule has 0 heterocycles. The molecule has 0 bridgehead atoms. The standard InChI is InChI=1S/C19H14ClNO4/c1-12(22)24-18-8-3-14(10-19(18)25-13(2)23)9-16(11-21)15-4-6-17(20)7-5-15/h3-10H,1-2H3/b16-9+. The Morgan fingerprint density at radius 1 is 1.00 bits per heavy atom. The summed E-state index contributed by atoms with van der Waals surface area (Å²) in [6.07, 6.45) is 1.63. The number of esters is 2. The average molecular weight is 356 g/mol. The third kappa shape index (κ3) is 5.20. The molecule has 0 atom stereocenters. The van der Waals surface area contributed by atoms with E-state index in [2.05, 4.69) is 6.07 Å². The number of ether oxygens (including phenoxy) is 2. The van der Waals surface area contributed by atoms with E-state index in [9.17, 15) is 14.9 Å². The van der Waals surface area contributed by atoms with Gasteiger partial charge in [-0.15, -0.1) is 0 Å². The second-order valence-corrected chi connectivity index (χ2v) is 5.51. The van der Waals surface area contributed by atoms with Gasteiger partial charge in [-0.1, -0.05) is 29.8 Å². The van der Waals surface area contributed by atoms with E-state index in [4.69, 9.17) is 21.1 Å². The highest BCUT2D eigenvalue weighted by Gasteiger charge is 2.11. The normalized spacial score (nSPS) is 10.7. The van der Waals surface area contributed by atoms with E-state index in [0.29, 0.717) is 21.7 Å². The summed E-state index contributed by atoms with van der Waals surface area (Å²) in [5.41, 5.74) is 1.72. The number of allylic oxidation sites excluding steroid dienone is 1. The third-order valence-corrected chi connectivity index (χ3v) is 3.31. The molecule has 0 aliphatic rings. The van der Waals surface area contributed by atoms with Crippen LogP contribution in [0.4, 0.5) is 0 Å². The zero-order chi connectivity index (χ0) is 18.4. The van der Waals surface area contributed by atoms with Crippen molar-refractivity contribution >= 4 is 35.2 Å². The first-order chi connectivity index (χ1) is 11.9. The molecule has 25 heavy (non-hydrogen) atoms. The molecular formula is C19H14ClNO4. The third-order valence-electron chi connectivity index (χ3n) is 3.06. The number of carbonyl (C=O) groups is 2. The molecule has 0 unspecified atom stereocenters. The second-order valence-electron chi connectivity index (χ2n) is 5.07. The summed E-state index contributed by atoms with van der Waals surface area (Å²) in [5, 5.41) is 9.97. The van der Waals surface area contributed by atoms with Crippen molar-refractivity contribution in [2.75, 3.05) is 0 Å². The summed E-state index contributed by atoms with van der Waals surface area (Å²) in [6, 6.07) is 13.6. The molecule has 0 N–H and O–H groups in total. The zero-order valence-electron chi connectivity index (χ0n) is 13.6. The number of carbonyl (C=O) groups excluding carboxylic acids is 2. The summed E-state index contributed by atoms with van der Waals surface area (Å²) in [7, 11) is 0. The minimum absolute atomic E-state index is 0.102. The zero-order valence-corrected chi connectivity index (χ0v) is 14.3. The maximum Gasteiger partial charge on any atom is 0.308 e. The van der Waals surface area contributed by atoms with Crippen molar-refractivity contribution in [3.63, 3.8) is 0 Å². The summed E-state index contributed by atoms with van der Waals surface area (Å²) < 4.78 is 10.1. The number of nitriles is 1. The van der Waals surface area contributed by atoms with Crippen molar-refractivity contribution in [2.45, 2.75) is 13.8 Å². The van der Waals surface area contributed by atoms with Gasteiger partial charge in [0.15, 0.2) is 11.5 Å². The van der Waals surface area contributed by atoms with E-state index in [-0.39, 0.29) is 11.5 Å². The molecule has 0 amide bonds. The number of rotatable bonds is 4. The molecule has 2 aromatic rings. The first-order valence-corrected chi connectivity index (χ1v) is 7.65. The average Bonchev–Trinajstić information content (AvgIpc) is 2.55. The number of halogens is 1. The predicted octanol–water partition coefficient (Wildman–Crippen LogP) is 4.25. The Kier molecular flexibility index (Phi) is 5.93. The Bertz CT molecular complexity index is 879. The Balaban J connectivity index is 2.43. The van der Waals surface area contributed by atoms with Crippen molar-refractivity contribution in [3.05, 3.63) is 58.6 Å². The Morgan fingerprint density at radius 2 is 1.60 bits per heavy atom. The number of benzene rings is 2. The summed E-state index contributed by atoms with van der Waals surface area (Å²) >= 11 is 5.86. The van der Waals surface area contributed by atoms with E-state index >= 15 is 0 Å². The van der Waals surface area contributed by atoms with E-state index in [1.165, 1.54) is 26.0 Å². The van der Waals surface area contributed by atoms with Gasteiger partial charge < -0.3 is 9.47 Å². The van der Waals surface area contributed by atoms with Crippen LogP contribution in [0, 0.1) is 11.3 Å². The van der Waals surface area contributed by atoms with Gasteiger partial charge in [-0.2, -0.15) is 5.26 Å². The van der Waals surface area contributed by atoms with E-state index < -0.39 is 11.9 Å². The summed E-state index contributed by atoms with van der Waals surface area (Å²) in [5.74, 6) is -0.849. The van der Waals surface area contributed by atoms with Crippen molar-refractivity contribution in [1.82, 2.24) is 0 Å². The minimum atomic E-state index is -0.548. The van der Waals surface area contributed by atoms with Crippen LogP contribution in [0.5, 0.6) is 11.5 Å². The Morgan fingerprint density at radius 3 is 2.16 bits per heavy atom. The van der Waals surface area contributed by atoms with Gasteiger partial charge in [-0.25, -0.2) is 0 Å². The molecule has 0 radical (unpaired) electrons. The molecule has 0 aliphatic heterocycles. The van der Waals surface area contributed by atoms with Crippen LogP contribution in [0.15, 0.2) is 42.5 Å². The lowest BCUT2D eigenvalue weighted by Gasteiger charge is -2.09. The van der Waals surface area contributed by atoms with Crippen LogP contribution in [-0.4, -0.2) is 11.9 Å². The number of hydrogen-bond acceptors (Lipinski definition) is 5. The molecule has 2 aromatic carbocycles. The van der Waals surface area contributed by atoms with Gasteiger partial charge in [0.1, 0.15) is 0 Å². The van der Waals surface area contributed by atoms with Gasteiger partial charge in [-0.3, -0.25) is 9.59 Å². The topological polar surface area (TPSA) is 76.4 Å². The molecule has 0 aromatic heterocycles. The van der Waals surface area contributed by atoms with Crippen LogP contribution in [0.1, 0.15) is 25.0 Å². The lowest BCUT2D eigenvalue weighted by atomic mass is 10.0. The van der Waals surface area contributed by atoms with Crippen LogP contribution in [0.3, 0.4) is 0 Å². The van der Waals surface area contributed by atoms with Gasteiger partial charge in [0.05, 0.1) is 11.6 Å². The van der Waals surface area contributed by atoms with Gasteiger partial charge in [-0.05, 0) is 41.5 Å². The molecule has 0 aliphatic carbocycles. The maximum absolute atomic E-state index is 11.3. The summed E-state index contributed by atoms with van der Waals surface area (Å²) in [6.45, 7) is 2.49. The first-order valence-electron chi connectivity index (χ1n) is 7.27. The molecule has 0 spiro atoms. The fourth-order valence-electron chi connectivity index (χ4n) is 2.06. The van der Waals surface area contributed by atoms with Crippen molar-refractivity contribution in [1.29, 1.82) is 5.26 Å². The molecule has 0 saturated carbocycles. The lowest BCUT2D eigenvalue weighted by molar-refractivity contribution is -0.134. The fraction of sp³-hybridized carbons (Fsp3) is 0.105. The Hall–Kier alpha value is -3.10. The van der Waals surface area contributed by atoms with Crippen LogP contribution in [0.25, 0.3) is 11.6 Å². The largest absolute Gasteiger partial charge is 0.423 e. The van der Waals surface area contributed by atoms with Gasteiger partial charge >= 0.3 is 11.9 Å². The molecule has 126 valence electrons. The minimum Gasteiger partial charge on any atom is -0.423 e. The van der Waals surface area contributed by atoms with E-state index in [1.807, 2.05) is 0 Å². The highest BCUT2D eigenvalue weighted by molar-refractivity contribution is 6.30. The molecule has 2 rings (SSSR count). The van der Waals surface area contributed by atoms with Crippen molar-refractivity contribution < 1.29 is 19.1 Å². The van der Waals surface area contributed by atoms with Gasteiger partial charge in [0.2, 0.25) is 0 Å². The highest BCUT2D eigenvalue weighted by Crippen LogP contribution is 2.30. The monoisotopic (exact) mass is 355 g/mol. The molecule has 6 heteroatoms. The van der Waals surface area contributed by atoms with Crippen LogP contribution in [0.2, 0.25) is 5.02 Å². The SMILES string of the molecule is CC(=O)Oc1ccc(/C=C(\C#N)c2ccc(Cl)cc2)cc1OC(C)=O. The molecular weight excluding hydrogens is 342 g/mol. The quantitative estimate of drug-likeness (QED) is 0.354. The Labute approximate surface area is 150 Å². The van der Waals surface area contributed by atoms with Crippen LogP contribution >= 0.6 is 11.6 Å². The predicted molar refractivity (Wildman–Crippen MR) is 94.0 cm³/mol. The maximum atomic E-state index is 11.3. The fourth-order valence-corrected chi connectivity index (χ4v) is 2.19. The number of nitrogens with zero attached hydrogens (tertiary/aromatic N) is 1. The molecule has 5 nitrogen and oxygen atoms in total. The van der Waals surface area contributed by atoms with Gasteiger partial charge in [0.25, 0.3) is 0 Å². The first kappa shape index (κ1) is 18.2. The number of hydrogen-bond donors (Lipinski definition) is 0. The lowest BCUT2D eigenvalue weighted by Crippen LogP contribution is -2.07. The van der Waals surface area contributed by atoms with E-state index in [1.54, 1.807) is 36.4 Å². The second kappa shape index (κ2) is 8.13. The smallest absolute Gasteiger partial charge is 0.308 e. The summed E-state index contributed by atoms with van der Waals surface area (Å²) in [4.78, 5) is 22.4. The van der Waals surface area contributed by atoms with E-state index in [0.717, 1.165) is 0 Å². The highest BCUT2D eigenvalue weighted by atomic mass is 35.5. The molecule has 0 saturated heterocycles. The van der Waals surface area contributed by atoms with Crippen molar-refractivity contribution in [2.24, 2.45) is 0 Å². The molecule has 0 fully saturated rings.